The largest absolute Gasteiger partial charge is 0.465 e. The van der Waals surface area contributed by atoms with Crippen LogP contribution in [0.2, 0.25) is 0 Å². The second kappa shape index (κ2) is 6.44. The number of carbonyl (C=O) groups excluding carboxylic acids is 1. The molecule has 1 saturated carbocycles. The lowest BCUT2D eigenvalue weighted by atomic mass is 10.0. The summed E-state index contributed by atoms with van der Waals surface area (Å²) >= 11 is 0. The van der Waals surface area contributed by atoms with E-state index in [1.54, 1.807) is 18.3 Å². The van der Waals surface area contributed by atoms with Gasteiger partial charge in [0.25, 0.3) is 0 Å². The molecule has 1 aliphatic carbocycles. The average Bonchev–Trinajstić information content (AvgIpc) is 3.02. The average molecular weight is 354 g/mol. The molecule has 0 radical (unpaired) electrons. The summed E-state index contributed by atoms with van der Waals surface area (Å²) in [6, 6.07) is 11.1. The Morgan fingerprint density at radius 3 is 2.64 bits per heavy atom. The van der Waals surface area contributed by atoms with Gasteiger partial charge in [0.1, 0.15) is 5.65 Å². The molecular weight excluding hydrogens is 336 g/mol. The maximum absolute atomic E-state index is 12.5. The van der Waals surface area contributed by atoms with E-state index in [0.717, 1.165) is 34.5 Å². The topological polar surface area (TPSA) is 61.2 Å². The minimum Gasteiger partial charge on any atom is -0.465 e. The van der Waals surface area contributed by atoms with E-state index < -0.39 is 10.8 Å². The number of aromatic nitrogens is 2. The number of benzene rings is 1. The molecule has 128 valence electrons. The van der Waals surface area contributed by atoms with Crippen molar-refractivity contribution in [2.45, 2.75) is 29.4 Å². The molecule has 0 N–H and O–H groups in total. The van der Waals surface area contributed by atoms with Crippen LogP contribution in [0.4, 0.5) is 0 Å². The summed E-state index contributed by atoms with van der Waals surface area (Å²) in [6.07, 6.45) is 6.90. The number of ether oxygens (including phenoxy) is 1. The van der Waals surface area contributed by atoms with Gasteiger partial charge in [0.15, 0.2) is 0 Å². The minimum atomic E-state index is -0.965. The van der Waals surface area contributed by atoms with Crippen LogP contribution in [0.3, 0.4) is 0 Å². The molecule has 1 fully saturated rings. The van der Waals surface area contributed by atoms with E-state index in [4.69, 9.17) is 4.74 Å². The molecule has 0 amide bonds. The van der Waals surface area contributed by atoms with Crippen molar-refractivity contribution in [3.63, 3.8) is 0 Å². The Labute approximate surface area is 148 Å². The lowest BCUT2D eigenvalue weighted by Gasteiger charge is -2.24. The third-order valence-corrected chi connectivity index (χ3v) is 6.42. The summed E-state index contributed by atoms with van der Waals surface area (Å²) in [5.74, 6) is -0.356. The van der Waals surface area contributed by atoms with Crippen LogP contribution in [0, 0.1) is 0 Å². The van der Waals surface area contributed by atoms with Crippen molar-refractivity contribution in [1.82, 2.24) is 9.55 Å². The highest BCUT2D eigenvalue weighted by Crippen LogP contribution is 2.29. The van der Waals surface area contributed by atoms with E-state index in [0.29, 0.717) is 5.56 Å². The molecule has 1 aromatic carbocycles. The number of carbonyl (C=O) groups is 1. The van der Waals surface area contributed by atoms with Crippen LogP contribution < -0.4 is 0 Å². The zero-order valence-electron chi connectivity index (χ0n) is 13.8. The van der Waals surface area contributed by atoms with Crippen molar-refractivity contribution in [3.8, 4) is 5.69 Å². The SMILES string of the molecule is COC(=O)c1ccc(-n2ccc3cc([S@@](=O)C4CCC4)cnc32)cc1. The molecule has 0 saturated heterocycles. The van der Waals surface area contributed by atoms with Crippen LogP contribution in [0.15, 0.2) is 53.7 Å². The van der Waals surface area contributed by atoms with Crippen LogP contribution in [-0.4, -0.2) is 32.1 Å². The predicted molar refractivity (Wildman–Crippen MR) is 96.5 cm³/mol. The second-order valence-corrected chi connectivity index (χ2v) is 7.89. The molecule has 2 heterocycles. The number of fused-ring (bicyclic) bond motifs is 1. The highest BCUT2D eigenvalue weighted by atomic mass is 32.2. The predicted octanol–water partition coefficient (Wildman–Crippen LogP) is 3.47. The Bertz CT molecular complexity index is 958. The summed E-state index contributed by atoms with van der Waals surface area (Å²) in [5, 5.41) is 1.24. The number of rotatable bonds is 4. The van der Waals surface area contributed by atoms with Crippen molar-refractivity contribution in [2.75, 3.05) is 7.11 Å². The second-order valence-electron chi connectivity index (χ2n) is 6.16. The first-order chi connectivity index (χ1) is 12.2. The maximum atomic E-state index is 12.5. The van der Waals surface area contributed by atoms with Gasteiger partial charge < -0.3 is 9.30 Å². The van der Waals surface area contributed by atoms with Gasteiger partial charge in [-0.1, -0.05) is 6.42 Å². The first kappa shape index (κ1) is 16.0. The number of methoxy groups -OCH3 is 1. The van der Waals surface area contributed by atoms with Crippen LogP contribution in [-0.2, 0) is 15.5 Å². The van der Waals surface area contributed by atoms with E-state index in [9.17, 15) is 9.00 Å². The van der Waals surface area contributed by atoms with E-state index in [1.165, 1.54) is 13.5 Å². The lowest BCUT2D eigenvalue weighted by molar-refractivity contribution is 0.0600. The molecule has 0 unspecified atom stereocenters. The fourth-order valence-corrected chi connectivity index (χ4v) is 4.52. The highest BCUT2D eigenvalue weighted by molar-refractivity contribution is 7.85. The molecule has 0 spiro atoms. The molecule has 1 atom stereocenters. The summed E-state index contributed by atoms with van der Waals surface area (Å²) in [6.45, 7) is 0. The minimum absolute atomic E-state index is 0.284. The standard InChI is InChI=1S/C19H18N2O3S/c1-24-19(22)13-5-7-15(8-6-13)21-10-9-14-11-17(12-20-18(14)21)25(23)16-3-2-4-16/h5-12,16H,2-4H2,1H3/t25-/m0/s1. The quantitative estimate of drug-likeness (QED) is 0.673. The first-order valence-electron chi connectivity index (χ1n) is 8.24. The Morgan fingerprint density at radius 1 is 1.24 bits per heavy atom. The molecule has 0 aliphatic heterocycles. The molecular formula is C19H18N2O3S. The number of hydrogen-bond donors (Lipinski definition) is 0. The first-order valence-corrected chi connectivity index (χ1v) is 9.45. The molecule has 3 aromatic rings. The molecule has 2 aromatic heterocycles. The molecule has 6 heteroatoms. The van der Waals surface area contributed by atoms with Crippen molar-refractivity contribution in [1.29, 1.82) is 0 Å². The van der Waals surface area contributed by atoms with Crippen LogP contribution >= 0.6 is 0 Å². The maximum Gasteiger partial charge on any atom is 0.337 e. The van der Waals surface area contributed by atoms with Crippen LogP contribution in [0.5, 0.6) is 0 Å². The fraction of sp³-hybridized carbons (Fsp3) is 0.263. The van der Waals surface area contributed by atoms with Crippen molar-refractivity contribution < 1.29 is 13.7 Å². The van der Waals surface area contributed by atoms with Gasteiger partial charge in [-0.25, -0.2) is 9.78 Å². The van der Waals surface area contributed by atoms with Gasteiger partial charge in [-0.15, -0.1) is 0 Å². The third-order valence-electron chi connectivity index (χ3n) is 4.66. The van der Waals surface area contributed by atoms with Gasteiger partial charge in [-0.3, -0.25) is 4.21 Å². The Hall–Kier alpha value is -2.47. The molecule has 5 nitrogen and oxygen atoms in total. The molecule has 4 rings (SSSR count). The van der Waals surface area contributed by atoms with Crippen molar-refractivity contribution in [3.05, 3.63) is 54.4 Å². The monoisotopic (exact) mass is 354 g/mol. The van der Waals surface area contributed by atoms with Gasteiger partial charge in [0.2, 0.25) is 0 Å². The normalized spacial score (nSPS) is 15.7. The van der Waals surface area contributed by atoms with Gasteiger partial charge in [-0.05, 0) is 49.2 Å². The van der Waals surface area contributed by atoms with Crippen molar-refractivity contribution >= 4 is 27.8 Å². The molecule has 25 heavy (non-hydrogen) atoms. The number of esters is 1. The van der Waals surface area contributed by atoms with Crippen LogP contribution in [0.25, 0.3) is 16.7 Å². The smallest absolute Gasteiger partial charge is 0.337 e. The van der Waals surface area contributed by atoms with Gasteiger partial charge in [0, 0.05) is 28.7 Å². The van der Waals surface area contributed by atoms with E-state index in [-0.39, 0.29) is 11.2 Å². The van der Waals surface area contributed by atoms with E-state index in [2.05, 4.69) is 4.98 Å². The number of nitrogens with zero attached hydrogens (tertiary/aromatic N) is 2. The third kappa shape index (κ3) is 2.87. The zero-order chi connectivity index (χ0) is 17.4. The summed E-state index contributed by atoms with van der Waals surface area (Å²) in [4.78, 5) is 16.9. The Morgan fingerprint density at radius 2 is 2.00 bits per heavy atom. The molecule has 1 aliphatic rings. The Balaban J connectivity index is 1.66. The zero-order valence-corrected chi connectivity index (χ0v) is 14.7. The van der Waals surface area contributed by atoms with Gasteiger partial charge >= 0.3 is 5.97 Å². The highest BCUT2D eigenvalue weighted by Gasteiger charge is 2.25. The van der Waals surface area contributed by atoms with Crippen LogP contribution in [0.1, 0.15) is 29.6 Å². The lowest BCUT2D eigenvalue weighted by Crippen LogP contribution is -2.23. The number of hydrogen-bond acceptors (Lipinski definition) is 4. The van der Waals surface area contributed by atoms with Crippen molar-refractivity contribution in [2.24, 2.45) is 0 Å². The molecule has 0 bridgehead atoms. The summed E-state index contributed by atoms with van der Waals surface area (Å²) < 4.78 is 19.2. The van der Waals surface area contributed by atoms with Gasteiger partial charge in [-0.2, -0.15) is 0 Å². The summed E-state index contributed by atoms with van der Waals surface area (Å²) in [7, 11) is 0.401. The Kier molecular flexibility index (Phi) is 4.13. The fourth-order valence-electron chi connectivity index (χ4n) is 2.98. The van der Waals surface area contributed by atoms with E-state index in [1.807, 2.05) is 35.0 Å². The van der Waals surface area contributed by atoms with E-state index >= 15 is 0 Å². The van der Waals surface area contributed by atoms with Gasteiger partial charge in [0.05, 0.1) is 28.4 Å². The summed E-state index contributed by atoms with van der Waals surface area (Å²) in [5.41, 5.74) is 2.22. The number of pyridine rings is 1.